The zero-order chi connectivity index (χ0) is 12.2. The van der Waals surface area contributed by atoms with Gasteiger partial charge in [-0.15, -0.1) is 6.42 Å². The summed E-state index contributed by atoms with van der Waals surface area (Å²) >= 11 is 0. The second-order valence-corrected chi connectivity index (χ2v) is 4.21. The molecule has 0 bridgehead atoms. The Morgan fingerprint density at radius 1 is 1.50 bits per heavy atom. The molecule has 0 atom stereocenters. The van der Waals surface area contributed by atoms with Crippen LogP contribution < -0.4 is 5.32 Å². The molecule has 0 heterocycles. The van der Waals surface area contributed by atoms with Crippen molar-refractivity contribution in [1.29, 1.82) is 0 Å². The first-order valence-electron chi connectivity index (χ1n) is 5.37. The molecule has 1 rings (SSSR count). The van der Waals surface area contributed by atoms with Gasteiger partial charge in [-0.25, -0.2) is 0 Å². The lowest BCUT2D eigenvalue weighted by Gasteiger charge is -2.18. The topological polar surface area (TPSA) is 29.1 Å². The highest BCUT2D eigenvalue weighted by Gasteiger charge is 2.18. The second kappa shape index (κ2) is 4.85. The minimum atomic E-state index is -0.345. The summed E-state index contributed by atoms with van der Waals surface area (Å²) in [6, 6.07) is 7.45. The van der Waals surface area contributed by atoms with Gasteiger partial charge in [0.05, 0.1) is 5.41 Å². The Balaban J connectivity index is 3.06. The van der Waals surface area contributed by atoms with Gasteiger partial charge in [-0.1, -0.05) is 18.1 Å². The Kier molecular flexibility index (Phi) is 3.73. The molecule has 0 aliphatic carbocycles. The van der Waals surface area contributed by atoms with E-state index < -0.39 is 0 Å². The molecule has 0 radical (unpaired) electrons. The average Bonchev–Trinajstić information content (AvgIpc) is 2.29. The summed E-state index contributed by atoms with van der Waals surface area (Å²) < 4.78 is 0. The van der Waals surface area contributed by atoms with Crippen LogP contribution in [-0.2, 0) is 5.41 Å². The van der Waals surface area contributed by atoms with Gasteiger partial charge in [0.2, 0.25) is 0 Å². The Bertz CT molecular complexity index is 427. The summed E-state index contributed by atoms with van der Waals surface area (Å²) in [5.41, 5.74) is 1.30. The Labute approximate surface area is 97.1 Å². The van der Waals surface area contributed by atoms with Crippen LogP contribution in [0, 0.1) is 12.3 Å². The molecular weight excluding hydrogens is 198 g/mol. The van der Waals surface area contributed by atoms with Gasteiger partial charge in [0.1, 0.15) is 0 Å². The van der Waals surface area contributed by atoms with Crippen LogP contribution >= 0.6 is 0 Å². The van der Waals surface area contributed by atoms with Crippen molar-refractivity contribution in [2.75, 3.05) is 6.54 Å². The number of terminal acetylenes is 1. The molecule has 1 N–H and O–H groups in total. The van der Waals surface area contributed by atoms with Crippen LogP contribution in [0.2, 0.25) is 0 Å². The van der Waals surface area contributed by atoms with E-state index in [9.17, 15) is 4.79 Å². The van der Waals surface area contributed by atoms with E-state index in [1.807, 2.05) is 39.0 Å². The fraction of sp³-hybridized carbons (Fsp3) is 0.357. The predicted octanol–water partition coefficient (Wildman–Crippen LogP) is 2.35. The Morgan fingerprint density at radius 2 is 2.19 bits per heavy atom. The van der Waals surface area contributed by atoms with Crippen molar-refractivity contribution in [2.45, 2.75) is 26.2 Å². The predicted molar refractivity (Wildman–Crippen MR) is 66.3 cm³/mol. The third-order valence-electron chi connectivity index (χ3n) is 2.54. The maximum atomic E-state index is 11.6. The summed E-state index contributed by atoms with van der Waals surface area (Å²) in [5.74, 6) is 2.67. The van der Waals surface area contributed by atoms with Crippen LogP contribution in [0.4, 0.5) is 0 Å². The van der Waals surface area contributed by atoms with Gasteiger partial charge in [-0.2, -0.15) is 0 Å². The van der Waals surface area contributed by atoms with Crippen molar-refractivity contribution in [3.8, 4) is 12.3 Å². The lowest BCUT2D eigenvalue weighted by Crippen LogP contribution is -2.23. The van der Waals surface area contributed by atoms with Crippen LogP contribution in [0.5, 0.6) is 0 Å². The molecule has 2 nitrogen and oxygen atoms in total. The fourth-order valence-electron chi connectivity index (χ4n) is 1.40. The van der Waals surface area contributed by atoms with Crippen molar-refractivity contribution >= 4 is 5.91 Å². The number of hydrogen-bond acceptors (Lipinski definition) is 1. The van der Waals surface area contributed by atoms with Gasteiger partial charge < -0.3 is 5.32 Å². The number of rotatable bonds is 3. The highest BCUT2D eigenvalue weighted by atomic mass is 16.1. The number of benzene rings is 1. The minimum Gasteiger partial charge on any atom is -0.352 e. The maximum absolute atomic E-state index is 11.6. The summed E-state index contributed by atoms with van der Waals surface area (Å²) in [6.45, 7) is 6.45. The normalized spacial score (nSPS) is 10.6. The first kappa shape index (κ1) is 12.3. The van der Waals surface area contributed by atoms with E-state index >= 15 is 0 Å². The standard InChI is InChI=1S/C14H17NO/c1-5-14(3,4)12-9-7-8-11(10-12)13(16)15-6-2/h1,7-10H,6H2,2-4H3,(H,15,16). The molecule has 0 aliphatic heterocycles. The first-order chi connectivity index (χ1) is 7.51. The Hall–Kier alpha value is -1.75. The molecule has 1 aromatic rings. The van der Waals surface area contributed by atoms with Crippen molar-refractivity contribution in [1.82, 2.24) is 5.32 Å². The van der Waals surface area contributed by atoms with Gasteiger partial charge in [0, 0.05) is 12.1 Å². The van der Waals surface area contributed by atoms with E-state index in [0.717, 1.165) is 5.56 Å². The summed E-state index contributed by atoms with van der Waals surface area (Å²) in [6.07, 6.45) is 5.47. The monoisotopic (exact) mass is 215 g/mol. The highest BCUT2D eigenvalue weighted by Crippen LogP contribution is 2.22. The van der Waals surface area contributed by atoms with Crippen LogP contribution in [-0.4, -0.2) is 12.5 Å². The molecule has 16 heavy (non-hydrogen) atoms. The number of carbonyl (C=O) groups is 1. The van der Waals surface area contributed by atoms with Crippen molar-refractivity contribution in [3.05, 3.63) is 35.4 Å². The van der Waals surface area contributed by atoms with Crippen LogP contribution in [0.15, 0.2) is 24.3 Å². The van der Waals surface area contributed by atoms with E-state index in [2.05, 4.69) is 11.2 Å². The molecule has 1 amide bonds. The average molecular weight is 215 g/mol. The molecule has 2 heteroatoms. The van der Waals surface area contributed by atoms with E-state index in [-0.39, 0.29) is 11.3 Å². The van der Waals surface area contributed by atoms with Gasteiger partial charge in [-0.05, 0) is 38.5 Å². The Morgan fingerprint density at radius 3 is 2.75 bits per heavy atom. The molecular formula is C14H17NO. The van der Waals surface area contributed by atoms with Gasteiger partial charge >= 0.3 is 0 Å². The molecule has 0 fully saturated rings. The van der Waals surface area contributed by atoms with Crippen LogP contribution in [0.25, 0.3) is 0 Å². The second-order valence-electron chi connectivity index (χ2n) is 4.21. The van der Waals surface area contributed by atoms with Crippen LogP contribution in [0.1, 0.15) is 36.7 Å². The van der Waals surface area contributed by atoms with E-state index in [1.54, 1.807) is 6.07 Å². The third-order valence-corrected chi connectivity index (χ3v) is 2.54. The van der Waals surface area contributed by atoms with Crippen molar-refractivity contribution < 1.29 is 4.79 Å². The lowest BCUT2D eigenvalue weighted by atomic mass is 9.85. The molecule has 0 aromatic heterocycles. The molecule has 0 spiro atoms. The van der Waals surface area contributed by atoms with Crippen LogP contribution in [0.3, 0.4) is 0 Å². The smallest absolute Gasteiger partial charge is 0.251 e. The molecule has 0 saturated heterocycles. The largest absolute Gasteiger partial charge is 0.352 e. The fourth-order valence-corrected chi connectivity index (χ4v) is 1.40. The SMILES string of the molecule is C#CC(C)(C)c1cccc(C(=O)NCC)c1. The number of amides is 1. The third kappa shape index (κ3) is 2.64. The minimum absolute atomic E-state index is 0.0582. The van der Waals surface area contributed by atoms with E-state index in [1.165, 1.54) is 0 Å². The number of nitrogens with one attached hydrogen (secondary N) is 1. The van der Waals surface area contributed by atoms with Gasteiger partial charge in [0.15, 0.2) is 0 Å². The zero-order valence-electron chi connectivity index (χ0n) is 10.0. The quantitative estimate of drug-likeness (QED) is 0.770. The van der Waals surface area contributed by atoms with Crippen molar-refractivity contribution in [2.24, 2.45) is 0 Å². The molecule has 84 valence electrons. The zero-order valence-corrected chi connectivity index (χ0v) is 10.0. The summed E-state index contributed by atoms with van der Waals surface area (Å²) in [5, 5.41) is 2.77. The van der Waals surface area contributed by atoms with E-state index in [0.29, 0.717) is 12.1 Å². The van der Waals surface area contributed by atoms with Crippen molar-refractivity contribution in [3.63, 3.8) is 0 Å². The molecule has 0 saturated carbocycles. The lowest BCUT2D eigenvalue weighted by molar-refractivity contribution is 0.0955. The maximum Gasteiger partial charge on any atom is 0.251 e. The highest BCUT2D eigenvalue weighted by molar-refractivity contribution is 5.94. The summed E-state index contributed by atoms with van der Waals surface area (Å²) in [4.78, 5) is 11.6. The first-order valence-corrected chi connectivity index (χ1v) is 5.37. The number of hydrogen-bond donors (Lipinski definition) is 1. The number of carbonyl (C=O) groups excluding carboxylic acids is 1. The molecule has 0 unspecified atom stereocenters. The molecule has 1 aromatic carbocycles. The summed E-state index contributed by atoms with van der Waals surface area (Å²) in [7, 11) is 0. The van der Waals surface area contributed by atoms with Gasteiger partial charge in [-0.3, -0.25) is 4.79 Å². The van der Waals surface area contributed by atoms with Gasteiger partial charge in [0.25, 0.3) is 5.91 Å². The van der Waals surface area contributed by atoms with E-state index in [4.69, 9.17) is 6.42 Å². The molecule has 0 aliphatic rings.